The fraction of sp³-hybridized carbons (Fsp3) is 0.0980. The second-order valence-corrected chi connectivity index (χ2v) is 14.7. The van der Waals surface area contributed by atoms with Crippen LogP contribution in [0.25, 0.3) is 61.0 Å². The Labute approximate surface area is 312 Å². The molecule has 0 aromatic heterocycles. The summed E-state index contributed by atoms with van der Waals surface area (Å²) in [5, 5.41) is 8.77. The monoisotopic (exact) mass is 682 g/mol. The summed E-state index contributed by atoms with van der Waals surface area (Å²) >= 11 is 0. The highest BCUT2D eigenvalue weighted by Gasteiger charge is 2.37. The van der Waals surface area contributed by atoms with Gasteiger partial charge in [0.15, 0.2) is 0 Å². The first kappa shape index (κ1) is 32.8. The van der Waals surface area contributed by atoms with Crippen LogP contribution in [0.5, 0.6) is 0 Å². The minimum atomic E-state index is -0.351. The van der Waals surface area contributed by atoms with Crippen molar-refractivity contribution in [3.63, 3.8) is 0 Å². The second-order valence-electron chi connectivity index (χ2n) is 14.7. The molecule has 256 valence electrons. The summed E-state index contributed by atoms with van der Waals surface area (Å²) in [6.45, 7) is 4.72. The number of hydrogen-bond donors (Lipinski definition) is 2. The van der Waals surface area contributed by atoms with Gasteiger partial charge in [0.25, 0.3) is 0 Å². The first-order chi connectivity index (χ1) is 26.0. The van der Waals surface area contributed by atoms with Crippen molar-refractivity contribution < 1.29 is 0 Å². The summed E-state index contributed by atoms with van der Waals surface area (Å²) in [5.41, 5.74) is 20.5. The Balaban J connectivity index is 1.12. The number of nitrogens with one attached hydrogen (secondary N) is 1. The zero-order chi connectivity index (χ0) is 35.9. The highest BCUT2D eigenvalue weighted by molar-refractivity contribution is 6.00. The number of nitrogens with two attached hydrogens (primary N) is 1. The quantitative estimate of drug-likeness (QED) is 0.157. The minimum Gasteiger partial charge on any atom is -0.312 e. The normalized spacial score (nSPS) is 14.3. The molecule has 1 aliphatic carbocycles. The van der Waals surface area contributed by atoms with Gasteiger partial charge in [-0.25, -0.2) is 0 Å². The van der Waals surface area contributed by atoms with E-state index in [1.54, 1.807) is 0 Å². The van der Waals surface area contributed by atoms with Crippen molar-refractivity contribution >= 4 is 27.6 Å². The van der Waals surface area contributed by atoms with E-state index in [1.165, 1.54) is 71.6 Å². The SMILES string of the molecule is CC1(C)c2cc3ccccc3cc2-c2c(-c3cccc(/C=C/C(NC(N)c4ccccc4)c4ccc(-c5ccccc5)c5ccccc45)c3)cccc21. The van der Waals surface area contributed by atoms with Crippen LogP contribution in [0.15, 0.2) is 182 Å². The minimum absolute atomic E-state index is 0.0858. The van der Waals surface area contributed by atoms with Gasteiger partial charge in [-0.3, -0.25) is 5.32 Å². The van der Waals surface area contributed by atoms with Gasteiger partial charge in [0.2, 0.25) is 0 Å². The summed E-state index contributed by atoms with van der Waals surface area (Å²) in [4.78, 5) is 0. The molecular weight excluding hydrogens is 641 g/mol. The lowest BCUT2D eigenvalue weighted by Gasteiger charge is -2.24. The van der Waals surface area contributed by atoms with Crippen LogP contribution < -0.4 is 11.1 Å². The van der Waals surface area contributed by atoms with Gasteiger partial charge in [-0.15, -0.1) is 0 Å². The molecule has 53 heavy (non-hydrogen) atoms. The Bertz CT molecular complexity index is 2640. The molecule has 0 spiro atoms. The molecule has 0 saturated carbocycles. The van der Waals surface area contributed by atoms with Crippen molar-refractivity contribution in [2.75, 3.05) is 0 Å². The zero-order valence-electron chi connectivity index (χ0n) is 30.1. The van der Waals surface area contributed by atoms with Gasteiger partial charge in [0.05, 0.1) is 12.2 Å². The van der Waals surface area contributed by atoms with E-state index in [1.807, 2.05) is 18.2 Å². The maximum atomic E-state index is 6.87. The third-order valence-corrected chi connectivity index (χ3v) is 11.1. The first-order valence-electron chi connectivity index (χ1n) is 18.6. The fourth-order valence-corrected chi connectivity index (χ4v) is 8.39. The molecule has 0 heterocycles. The second kappa shape index (κ2) is 13.5. The van der Waals surface area contributed by atoms with Gasteiger partial charge >= 0.3 is 0 Å². The molecule has 0 saturated heterocycles. The third-order valence-electron chi connectivity index (χ3n) is 11.1. The Morgan fingerprint density at radius 2 is 1.19 bits per heavy atom. The summed E-state index contributed by atoms with van der Waals surface area (Å²) in [7, 11) is 0. The smallest absolute Gasteiger partial charge is 0.0817 e. The molecule has 2 atom stereocenters. The number of fused-ring (bicyclic) bond motifs is 5. The Morgan fingerprint density at radius 3 is 1.98 bits per heavy atom. The van der Waals surface area contributed by atoms with E-state index in [0.717, 1.165) is 11.1 Å². The molecule has 0 fully saturated rings. The van der Waals surface area contributed by atoms with Crippen molar-refractivity contribution in [1.82, 2.24) is 5.32 Å². The van der Waals surface area contributed by atoms with Gasteiger partial charge < -0.3 is 5.73 Å². The molecule has 2 unspecified atom stereocenters. The van der Waals surface area contributed by atoms with E-state index in [4.69, 9.17) is 5.73 Å². The number of hydrogen-bond acceptors (Lipinski definition) is 2. The van der Waals surface area contributed by atoms with Crippen LogP contribution in [0.3, 0.4) is 0 Å². The molecule has 3 N–H and O–H groups in total. The van der Waals surface area contributed by atoms with Crippen LogP contribution in [-0.2, 0) is 5.41 Å². The maximum Gasteiger partial charge on any atom is 0.0817 e. The molecular formula is C51H42N2. The van der Waals surface area contributed by atoms with Crippen LogP contribution in [0, 0.1) is 0 Å². The summed E-state index contributed by atoms with van der Waals surface area (Å²) in [6, 6.07) is 63.2. The van der Waals surface area contributed by atoms with Crippen LogP contribution in [-0.4, -0.2) is 0 Å². The lowest BCUT2D eigenvalue weighted by molar-refractivity contribution is 0.511. The highest BCUT2D eigenvalue weighted by Crippen LogP contribution is 2.53. The van der Waals surface area contributed by atoms with Crippen LogP contribution >= 0.6 is 0 Å². The van der Waals surface area contributed by atoms with Gasteiger partial charge in [0.1, 0.15) is 0 Å². The largest absolute Gasteiger partial charge is 0.312 e. The standard InChI is InChI=1S/C51H42N2/c1-51(2)46-26-14-25-41(49(46)45-32-37-20-9-10-21-38(37)33-47(45)51)39-22-13-15-34(31-39)27-30-48(53-50(52)36-18-7-4-8-19-36)44-29-28-40(35-16-5-3-6-17-35)42-23-11-12-24-43(42)44/h3-33,48,50,53H,52H2,1-2H3/b30-27+. The predicted octanol–water partition coefficient (Wildman–Crippen LogP) is 12.6. The molecule has 0 amide bonds. The molecule has 0 aliphatic heterocycles. The average molecular weight is 683 g/mol. The summed E-state index contributed by atoms with van der Waals surface area (Å²) in [6.07, 6.45) is 4.16. The van der Waals surface area contributed by atoms with Crippen molar-refractivity contribution in [1.29, 1.82) is 0 Å². The average Bonchev–Trinajstić information content (AvgIpc) is 3.44. The Morgan fingerprint density at radius 1 is 0.528 bits per heavy atom. The number of benzene rings is 8. The van der Waals surface area contributed by atoms with Crippen molar-refractivity contribution in [2.45, 2.75) is 31.5 Å². The van der Waals surface area contributed by atoms with Crippen molar-refractivity contribution in [2.24, 2.45) is 5.73 Å². The highest BCUT2D eigenvalue weighted by atomic mass is 15.0. The van der Waals surface area contributed by atoms with E-state index in [2.05, 4.69) is 189 Å². The van der Waals surface area contributed by atoms with Crippen molar-refractivity contribution in [3.8, 4) is 33.4 Å². The van der Waals surface area contributed by atoms with Gasteiger partial charge in [-0.1, -0.05) is 184 Å². The Kier molecular flexibility index (Phi) is 8.35. The molecule has 2 nitrogen and oxygen atoms in total. The van der Waals surface area contributed by atoms with Gasteiger partial charge in [-0.05, 0) is 101 Å². The third kappa shape index (κ3) is 5.97. The Hall–Kier alpha value is -6.06. The van der Waals surface area contributed by atoms with E-state index in [9.17, 15) is 0 Å². The number of rotatable bonds is 8. The van der Waals surface area contributed by atoms with E-state index < -0.39 is 0 Å². The zero-order valence-corrected chi connectivity index (χ0v) is 30.1. The van der Waals surface area contributed by atoms with Gasteiger partial charge in [0, 0.05) is 5.41 Å². The molecule has 1 aliphatic rings. The van der Waals surface area contributed by atoms with Crippen LogP contribution in [0.4, 0.5) is 0 Å². The lowest BCUT2D eigenvalue weighted by Crippen LogP contribution is -2.31. The summed E-state index contributed by atoms with van der Waals surface area (Å²) < 4.78 is 0. The molecule has 0 radical (unpaired) electrons. The molecule has 2 heteroatoms. The maximum absolute atomic E-state index is 6.87. The van der Waals surface area contributed by atoms with Crippen LogP contribution in [0.2, 0.25) is 0 Å². The van der Waals surface area contributed by atoms with Crippen LogP contribution in [0.1, 0.15) is 53.9 Å². The first-order valence-corrected chi connectivity index (χ1v) is 18.6. The molecule has 0 bridgehead atoms. The fourth-order valence-electron chi connectivity index (χ4n) is 8.39. The molecule has 8 aromatic carbocycles. The van der Waals surface area contributed by atoms with E-state index >= 15 is 0 Å². The molecule has 8 aromatic rings. The van der Waals surface area contributed by atoms with Gasteiger partial charge in [-0.2, -0.15) is 0 Å². The predicted molar refractivity (Wildman–Crippen MR) is 225 cm³/mol. The molecule has 9 rings (SSSR count). The van der Waals surface area contributed by atoms with E-state index in [-0.39, 0.29) is 17.6 Å². The van der Waals surface area contributed by atoms with E-state index in [0.29, 0.717) is 0 Å². The van der Waals surface area contributed by atoms with Crippen molar-refractivity contribution in [3.05, 3.63) is 210 Å². The summed E-state index contributed by atoms with van der Waals surface area (Å²) in [5.74, 6) is 0. The lowest BCUT2D eigenvalue weighted by atomic mass is 9.81. The topological polar surface area (TPSA) is 38.0 Å².